The molecule has 11 aromatic rings. The Balaban J connectivity index is 1.23. The van der Waals surface area contributed by atoms with Crippen molar-refractivity contribution in [1.82, 2.24) is 15.0 Å². The summed E-state index contributed by atoms with van der Waals surface area (Å²) in [6.07, 6.45) is 0. The zero-order valence-corrected chi connectivity index (χ0v) is 33.1. The predicted octanol–water partition coefficient (Wildman–Crippen LogP) is 15.1. The summed E-state index contributed by atoms with van der Waals surface area (Å²) in [5, 5.41) is 2.01. The maximum atomic E-state index is 7.28. The molecule has 61 heavy (non-hydrogen) atoms. The van der Waals surface area contributed by atoms with E-state index in [9.17, 15) is 0 Å². The quantitative estimate of drug-likeness (QED) is 0.154. The highest BCUT2D eigenvalue weighted by Gasteiger charge is 2.24. The molecule has 0 saturated heterocycles. The Morgan fingerprint density at radius 1 is 0.246 bits per heavy atom. The molecule has 0 fully saturated rings. The van der Waals surface area contributed by atoms with Crippen molar-refractivity contribution in [3.05, 3.63) is 224 Å². The molecule has 0 spiro atoms. The minimum absolute atomic E-state index is 0.539. The topological polar surface area (TPSA) is 51.8 Å². The average molecular weight is 780 g/mol. The SMILES string of the molecule is c1ccc(-c2cc(-c3ccccc3)c3oc4c(-c5nc(-c6ccccc6)nc(-c6ccccc6)n5)ccc(-c5ccc(-c6ccccc6)c(-c6ccccc6)c5)c4c3c2)cc1. The van der Waals surface area contributed by atoms with E-state index in [-0.39, 0.29) is 0 Å². The van der Waals surface area contributed by atoms with E-state index in [2.05, 4.69) is 164 Å². The van der Waals surface area contributed by atoms with Crippen LogP contribution >= 0.6 is 0 Å². The Labute approximate surface area is 354 Å². The van der Waals surface area contributed by atoms with Crippen molar-refractivity contribution in [3.63, 3.8) is 0 Å². The standard InChI is InChI=1S/C57H37N3O/c1-7-19-38(20-8-1)45-36-50(41-25-13-4-14-26-41)53-51(37-45)52-47(44-31-32-46(39-21-9-2-10-22-39)49(35-44)40-23-11-3-12-24-40)33-34-48(54(52)61-53)57-59-55(42-27-15-5-16-28-42)58-56(60-57)43-29-17-6-18-30-43/h1-37H. The normalized spacial score (nSPS) is 11.3. The molecule has 0 unspecified atom stereocenters. The Morgan fingerprint density at radius 3 is 1.20 bits per heavy atom. The number of benzene rings is 9. The van der Waals surface area contributed by atoms with Crippen LogP contribution in [-0.4, -0.2) is 15.0 Å². The van der Waals surface area contributed by atoms with Crippen LogP contribution in [0.25, 0.3) is 112 Å². The number of aromatic nitrogens is 3. The Hall–Kier alpha value is -8.21. The van der Waals surface area contributed by atoms with Gasteiger partial charge >= 0.3 is 0 Å². The van der Waals surface area contributed by atoms with Crippen LogP contribution in [0.15, 0.2) is 229 Å². The highest BCUT2D eigenvalue weighted by Crippen LogP contribution is 2.47. The van der Waals surface area contributed by atoms with Crippen molar-refractivity contribution in [2.24, 2.45) is 0 Å². The molecule has 0 radical (unpaired) electrons. The summed E-state index contributed by atoms with van der Waals surface area (Å²) >= 11 is 0. The third-order valence-electron chi connectivity index (χ3n) is 11.4. The van der Waals surface area contributed by atoms with E-state index in [4.69, 9.17) is 19.4 Å². The van der Waals surface area contributed by atoms with Gasteiger partial charge in [0.15, 0.2) is 17.5 Å². The van der Waals surface area contributed by atoms with Gasteiger partial charge < -0.3 is 4.42 Å². The van der Waals surface area contributed by atoms with Gasteiger partial charge in [0.25, 0.3) is 0 Å². The zero-order chi connectivity index (χ0) is 40.5. The predicted molar refractivity (Wildman–Crippen MR) is 251 cm³/mol. The lowest BCUT2D eigenvalue weighted by Crippen LogP contribution is -2.00. The molecule has 9 aromatic carbocycles. The van der Waals surface area contributed by atoms with Crippen molar-refractivity contribution in [3.8, 4) is 89.8 Å². The van der Waals surface area contributed by atoms with Gasteiger partial charge in [-0.3, -0.25) is 0 Å². The Bertz CT molecular complexity index is 3260. The lowest BCUT2D eigenvalue weighted by Gasteiger charge is -2.15. The summed E-state index contributed by atoms with van der Waals surface area (Å²) in [7, 11) is 0. The second kappa shape index (κ2) is 15.5. The molecule has 0 N–H and O–H groups in total. The lowest BCUT2D eigenvalue weighted by molar-refractivity contribution is 0.670. The van der Waals surface area contributed by atoms with Gasteiger partial charge in [-0.1, -0.05) is 200 Å². The van der Waals surface area contributed by atoms with E-state index < -0.39 is 0 Å². The summed E-state index contributed by atoms with van der Waals surface area (Å²) in [4.78, 5) is 15.4. The number of nitrogens with zero attached hydrogens (tertiary/aromatic N) is 3. The molecule has 0 bridgehead atoms. The molecule has 0 aliphatic heterocycles. The van der Waals surface area contributed by atoms with Crippen molar-refractivity contribution in [2.75, 3.05) is 0 Å². The van der Waals surface area contributed by atoms with Gasteiger partial charge in [0.05, 0.1) is 5.56 Å². The number of rotatable bonds is 8. The van der Waals surface area contributed by atoms with Gasteiger partial charge in [-0.25, -0.2) is 15.0 Å². The van der Waals surface area contributed by atoms with Crippen LogP contribution in [0.3, 0.4) is 0 Å². The first-order valence-electron chi connectivity index (χ1n) is 20.5. The molecule has 11 rings (SSSR count). The van der Waals surface area contributed by atoms with Crippen molar-refractivity contribution in [2.45, 2.75) is 0 Å². The van der Waals surface area contributed by atoms with Crippen LogP contribution in [0.1, 0.15) is 0 Å². The maximum absolute atomic E-state index is 7.28. The third-order valence-corrected chi connectivity index (χ3v) is 11.4. The van der Waals surface area contributed by atoms with Crippen LogP contribution in [0, 0.1) is 0 Å². The molecule has 286 valence electrons. The largest absolute Gasteiger partial charge is 0.455 e. The summed E-state index contributed by atoms with van der Waals surface area (Å²) in [6.45, 7) is 0. The minimum atomic E-state index is 0.539. The van der Waals surface area contributed by atoms with E-state index in [1.54, 1.807) is 0 Å². The fourth-order valence-electron chi connectivity index (χ4n) is 8.40. The number of hydrogen-bond acceptors (Lipinski definition) is 4. The second-order valence-electron chi connectivity index (χ2n) is 15.1. The molecule has 2 heterocycles. The molecule has 0 aliphatic rings. The van der Waals surface area contributed by atoms with Crippen molar-refractivity contribution in [1.29, 1.82) is 0 Å². The van der Waals surface area contributed by atoms with Crippen LogP contribution in [0.5, 0.6) is 0 Å². The molecule has 4 heteroatoms. The minimum Gasteiger partial charge on any atom is -0.455 e. The monoisotopic (exact) mass is 779 g/mol. The number of fused-ring (bicyclic) bond motifs is 3. The van der Waals surface area contributed by atoms with E-state index in [0.29, 0.717) is 23.1 Å². The van der Waals surface area contributed by atoms with Gasteiger partial charge in [0.2, 0.25) is 0 Å². The van der Waals surface area contributed by atoms with Gasteiger partial charge in [0, 0.05) is 27.5 Å². The Morgan fingerprint density at radius 2 is 0.656 bits per heavy atom. The smallest absolute Gasteiger partial charge is 0.167 e. The van der Waals surface area contributed by atoms with Gasteiger partial charge in [-0.05, 0) is 74.3 Å². The summed E-state index contributed by atoms with van der Waals surface area (Å²) in [5.74, 6) is 1.73. The van der Waals surface area contributed by atoms with E-state index >= 15 is 0 Å². The van der Waals surface area contributed by atoms with Gasteiger partial charge in [-0.15, -0.1) is 0 Å². The van der Waals surface area contributed by atoms with E-state index in [1.807, 2.05) is 60.7 Å². The fraction of sp³-hybridized carbons (Fsp3) is 0. The van der Waals surface area contributed by atoms with E-state index in [1.165, 1.54) is 11.1 Å². The molecule has 4 nitrogen and oxygen atoms in total. The summed E-state index contributed by atoms with van der Waals surface area (Å²) in [6, 6.07) is 78.2. The molecular weight excluding hydrogens is 743 g/mol. The molecule has 0 aliphatic carbocycles. The lowest BCUT2D eigenvalue weighted by atomic mass is 9.89. The first kappa shape index (κ1) is 35.9. The zero-order valence-electron chi connectivity index (χ0n) is 33.1. The van der Waals surface area contributed by atoms with Crippen molar-refractivity contribution >= 4 is 21.9 Å². The third kappa shape index (κ3) is 6.76. The van der Waals surface area contributed by atoms with Crippen molar-refractivity contribution < 1.29 is 4.42 Å². The van der Waals surface area contributed by atoms with Gasteiger partial charge in [0.1, 0.15) is 11.2 Å². The molecular formula is C57H37N3O. The Kier molecular flexibility index (Phi) is 9.14. The van der Waals surface area contributed by atoms with Crippen LogP contribution in [-0.2, 0) is 0 Å². The number of hydrogen-bond donors (Lipinski definition) is 0. The fourth-order valence-corrected chi connectivity index (χ4v) is 8.40. The first-order valence-corrected chi connectivity index (χ1v) is 20.5. The highest BCUT2D eigenvalue weighted by molar-refractivity contribution is 6.19. The van der Waals surface area contributed by atoms with Crippen LogP contribution in [0.2, 0.25) is 0 Å². The maximum Gasteiger partial charge on any atom is 0.167 e. The van der Waals surface area contributed by atoms with E-state index in [0.717, 1.165) is 77.6 Å². The summed E-state index contributed by atoms with van der Waals surface area (Å²) in [5.41, 5.74) is 15.2. The molecule has 0 atom stereocenters. The molecule has 2 aromatic heterocycles. The average Bonchev–Trinajstić information content (AvgIpc) is 3.74. The van der Waals surface area contributed by atoms with Gasteiger partial charge in [-0.2, -0.15) is 0 Å². The number of furan rings is 1. The first-order chi connectivity index (χ1) is 30.2. The second-order valence-corrected chi connectivity index (χ2v) is 15.1. The van der Waals surface area contributed by atoms with Crippen LogP contribution in [0.4, 0.5) is 0 Å². The molecule has 0 amide bonds. The van der Waals surface area contributed by atoms with Crippen LogP contribution < -0.4 is 0 Å². The highest BCUT2D eigenvalue weighted by atomic mass is 16.3. The molecule has 0 saturated carbocycles. The summed E-state index contributed by atoms with van der Waals surface area (Å²) < 4.78 is 7.28.